The lowest BCUT2D eigenvalue weighted by Crippen LogP contribution is -2.18. The third kappa shape index (κ3) is 1.40. The van der Waals surface area contributed by atoms with Gasteiger partial charge in [0.05, 0.1) is 12.0 Å². The first-order valence-corrected chi connectivity index (χ1v) is 4.11. The standard InChI is InChI=1S/C9H14N2O/c1-4-9(2,3)8-7(5-12)10-6-11-8/h5-6H,4H2,1-3H3,(H,10,11). The van der Waals surface area contributed by atoms with Gasteiger partial charge in [-0.15, -0.1) is 0 Å². The van der Waals surface area contributed by atoms with Gasteiger partial charge in [0.15, 0.2) is 6.29 Å². The molecular formula is C9H14N2O. The molecule has 0 saturated heterocycles. The highest BCUT2D eigenvalue weighted by molar-refractivity contribution is 5.74. The summed E-state index contributed by atoms with van der Waals surface area (Å²) in [5, 5.41) is 0. The Morgan fingerprint density at radius 3 is 2.83 bits per heavy atom. The van der Waals surface area contributed by atoms with Crippen LogP contribution in [0.5, 0.6) is 0 Å². The largest absolute Gasteiger partial charge is 0.342 e. The number of rotatable bonds is 3. The fourth-order valence-electron chi connectivity index (χ4n) is 1.10. The number of nitrogens with zero attached hydrogens (tertiary/aromatic N) is 1. The van der Waals surface area contributed by atoms with E-state index in [-0.39, 0.29) is 5.41 Å². The highest BCUT2D eigenvalue weighted by Gasteiger charge is 2.23. The van der Waals surface area contributed by atoms with Crippen molar-refractivity contribution in [3.8, 4) is 0 Å². The summed E-state index contributed by atoms with van der Waals surface area (Å²) in [7, 11) is 0. The monoisotopic (exact) mass is 166 g/mol. The van der Waals surface area contributed by atoms with Gasteiger partial charge in [-0.2, -0.15) is 0 Å². The molecule has 1 aromatic rings. The Kier molecular flexibility index (Phi) is 2.31. The van der Waals surface area contributed by atoms with Crippen LogP contribution in [0.2, 0.25) is 0 Å². The van der Waals surface area contributed by atoms with Gasteiger partial charge in [0.25, 0.3) is 0 Å². The van der Waals surface area contributed by atoms with Gasteiger partial charge in [-0.3, -0.25) is 4.79 Å². The Morgan fingerprint density at radius 1 is 1.67 bits per heavy atom. The molecule has 1 rings (SSSR count). The molecule has 12 heavy (non-hydrogen) atoms. The summed E-state index contributed by atoms with van der Waals surface area (Å²) < 4.78 is 0. The normalized spacial score (nSPS) is 11.6. The third-order valence-corrected chi connectivity index (χ3v) is 2.31. The van der Waals surface area contributed by atoms with Crippen LogP contribution in [0.1, 0.15) is 43.4 Å². The number of aromatic amines is 1. The summed E-state index contributed by atoms with van der Waals surface area (Å²) in [5.74, 6) is 0. The van der Waals surface area contributed by atoms with Gasteiger partial charge in [0, 0.05) is 5.41 Å². The van der Waals surface area contributed by atoms with E-state index in [4.69, 9.17) is 0 Å². The maximum atomic E-state index is 10.6. The van der Waals surface area contributed by atoms with E-state index < -0.39 is 0 Å². The second kappa shape index (κ2) is 3.09. The number of hydrogen-bond donors (Lipinski definition) is 1. The molecule has 0 fully saturated rings. The van der Waals surface area contributed by atoms with Crippen molar-refractivity contribution < 1.29 is 4.79 Å². The topological polar surface area (TPSA) is 45.8 Å². The van der Waals surface area contributed by atoms with Crippen molar-refractivity contribution in [3.05, 3.63) is 17.7 Å². The quantitative estimate of drug-likeness (QED) is 0.697. The Morgan fingerprint density at radius 2 is 2.33 bits per heavy atom. The van der Waals surface area contributed by atoms with Gasteiger partial charge < -0.3 is 4.98 Å². The number of aromatic nitrogens is 2. The van der Waals surface area contributed by atoms with Crippen molar-refractivity contribution in [3.63, 3.8) is 0 Å². The zero-order chi connectivity index (χ0) is 9.19. The smallest absolute Gasteiger partial charge is 0.168 e. The third-order valence-electron chi connectivity index (χ3n) is 2.31. The molecule has 1 N–H and O–H groups in total. The highest BCUT2D eigenvalue weighted by Crippen LogP contribution is 2.26. The number of carbonyl (C=O) groups excluding carboxylic acids is 1. The zero-order valence-electron chi connectivity index (χ0n) is 7.72. The number of hydrogen-bond acceptors (Lipinski definition) is 2. The SMILES string of the molecule is CCC(C)(C)c1nc[nH]c1C=O. The maximum absolute atomic E-state index is 10.6. The van der Waals surface area contributed by atoms with Crippen molar-refractivity contribution in [1.29, 1.82) is 0 Å². The van der Waals surface area contributed by atoms with E-state index in [1.165, 1.54) is 0 Å². The van der Waals surface area contributed by atoms with Crippen molar-refractivity contribution in [2.45, 2.75) is 32.6 Å². The minimum atomic E-state index is -0.0176. The van der Waals surface area contributed by atoms with Crippen LogP contribution in [0.25, 0.3) is 0 Å². The van der Waals surface area contributed by atoms with Crippen LogP contribution in [0.4, 0.5) is 0 Å². The Labute approximate surface area is 72.2 Å². The summed E-state index contributed by atoms with van der Waals surface area (Å²) in [6, 6.07) is 0. The van der Waals surface area contributed by atoms with Crippen LogP contribution in [0.3, 0.4) is 0 Å². The molecule has 0 radical (unpaired) electrons. The van der Waals surface area contributed by atoms with Gasteiger partial charge in [0.2, 0.25) is 0 Å². The lowest BCUT2D eigenvalue weighted by atomic mass is 9.85. The average molecular weight is 166 g/mol. The average Bonchev–Trinajstić information content (AvgIpc) is 2.52. The van der Waals surface area contributed by atoms with E-state index >= 15 is 0 Å². The molecule has 0 aliphatic rings. The zero-order valence-corrected chi connectivity index (χ0v) is 7.72. The van der Waals surface area contributed by atoms with E-state index in [0.717, 1.165) is 18.4 Å². The minimum absolute atomic E-state index is 0.0176. The summed E-state index contributed by atoms with van der Waals surface area (Å²) >= 11 is 0. The number of carbonyl (C=O) groups is 1. The van der Waals surface area contributed by atoms with Crippen LogP contribution in [-0.2, 0) is 5.41 Å². The van der Waals surface area contributed by atoms with Crippen molar-refractivity contribution in [2.24, 2.45) is 0 Å². The second-order valence-corrected chi connectivity index (χ2v) is 3.52. The molecule has 0 aliphatic carbocycles. The molecule has 0 aromatic carbocycles. The van der Waals surface area contributed by atoms with Gasteiger partial charge in [-0.05, 0) is 6.42 Å². The van der Waals surface area contributed by atoms with Crippen LogP contribution in [0.15, 0.2) is 6.33 Å². The van der Waals surface area contributed by atoms with Gasteiger partial charge in [0.1, 0.15) is 5.69 Å². The Hall–Kier alpha value is -1.12. The molecule has 3 nitrogen and oxygen atoms in total. The van der Waals surface area contributed by atoms with Crippen LogP contribution in [0, 0.1) is 0 Å². The first-order valence-electron chi connectivity index (χ1n) is 4.11. The minimum Gasteiger partial charge on any atom is -0.342 e. The molecule has 3 heteroatoms. The molecular weight excluding hydrogens is 152 g/mol. The number of imidazole rings is 1. The van der Waals surface area contributed by atoms with Gasteiger partial charge >= 0.3 is 0 Å². The molecule has 0 atom stereocenters. The van der Waals surface area contributed by atoms with Gasteiger partial charge in [-0.1, -0.05) is 20.8 Å². The lowest BCUT2D eigenvalue weighted by molar-refractivity contribution is 0.111. The number of aldehydes is 1. The predicted octanol–water partition coefficient (Wildman–Crippen LogP) is 1.91. The van der Waals surface area contributed by atoms with Crippen LogP contribution < -0.4 is 0 Å². The van der Waals surface area contributed by atoms with Crippen LogP contribution >= 0.6 is 0 Å². The summed E-state index contributed by atoms with van der Waals surface area (Å²) in [6.07, 6.45) is 3.36. The van der Waals surface area contributed by atoms with E-state index in [1.807, 2.05) is 0 Å². The van der Waals surface area contributed by atoms with E-state index in [1.54, 1.807) is 6.33 Å². The molecule has 1 heterocycles. The van der Waals surface area contributed by atoms with E-state index in [9.17, 15) is 4.79 Å². The molecule has 66 valence electrons. The first-order chi connectivity index (χ1) is 5.61. The van der Waals surface area contributed by atoms with Crippen molar-refractivity contribution in [2.75, 3.05) is 0 Å². The molecule has 0 unspecified atom stereocenters. The highest BCUT2D eigenvalue weighted by atomic mass is 16.1. The summed E-state index contributed by atoms with van der Waals surface area (Å²) in [4.78, 5) is 17.5. The number of nitrogens with one attached hydrogen (secondary N) is 1. The predicted molar refractivity (Wildman–Crippen MR) is 47.3 cm³/mol. The molecule has 0 aliphatic heterocycles. The Bertz CT molecular complexity index is 276. The van der Waals surface area contributed by atoms with E-state index in [2.05, 4.69) is 30.7 Å². The molecule has 0 saturated carbocycles. The fourth-order valence-corrected chi connectivity index (χ4v) is 1.10. The summed E-state index contributed by atoms with van der Waals surface area (Å²) in [5.41, 5.74) is 1.44. The maximum Gasteiger partial charge on any atom is 0.168 e. The Balaban J connectivity index is 3.08. The van der Waals surface area contributed by atoms with Crippen molar-refractivity contribution >= 4 is 6.29 Å². The van der Waals surface area contributed by atoms with Gasteiger partial charge in [-0.25, -0.2) is 4.98 Å². The molecule has 0 amide bonds. The number of H-pyrrole nitrogens is 1. The molecule has 0 spiro atoms. The van der Waals surface area contributed by atoms with E-state index in [0.29, 0.717) is 5.69 Å². The fraction of sp³-hybridized carbons (Fsp3) is 0.556. The lowest BCUT2D eigenvalue weighted by Gasteiger charge is -2.20. The van der Waals surface area contributed by atoms with Crippen LogP contribution in [-0.4, -0.2) is 16.3 Å². The second-order valence-electron chi connectivity index (χ2n) is 3.52. The molecule has 0 bridgehead atoms. The molecule has 1 aromatic heterocycles. The summed E-state index contributed by atoms with van der Waals surface area (Å²) in [6.45, 7) is 6.25. The first kappa shape index (κ1) is 8.97. The van der Waals surface area contributed by atoms with Crippen molar-refractivity contribution in [1.82, 2.24) is 9.97 Å².